The summed E-state index contributed by atoms with van der Waals surface area (Å²) in [7, 11) is 0. The van der Waals surface area contributed by atoms with Gasteiger partial charge in [-0.25, -0.2) is 0 Å². The molecule has 0 unspecified atom stereocenters. The van der Waals surface area contributed by atoms with E-state index in [1.807, 2.05) is 54.6 Å². The molecule has 0 amide bonds. The third-order valence-electron chi connectivity index (χ3n) is 18.4. The summed E-state index contributed by atoms with van der Waals surface area (Å²) in [6, 6.07) is 99.0. The van der Waals surface area contributed by atoms with Crippen molar-refractivity contribution in [3.8, 4) is 57.1 Å². The molecule has 0 aliphatic heterocycles. The first-order valence-electron chi connectivity index (χ1n) is 29.5. The van der Waals surface area contributed by atoms with Gasteiger partial charge in [-0.3, -0.25) is 0 Å². The van der Waals surface area contributed by atoms with Crippen molar-refractivity contribution in [3.05, 3.63) is 278 Å². The van der Waals surface area contributed by atoms with Crippen LogP contribution < -0.4 is 0 Å². The number of rotatable bonds is 6. The topological polar surface area (TPSA) is 93.6 Å². The first kappa shape index (κ1) is 48.1. The van der Waals surface area contributed by atoms with Crippen LogP contribution in [0.1, 0.15) is 11.1 Å². The third kappa shape index (κ3) is 6.44. The maximum atomic E-state index is 12.9. The number of fused-ring (bicyclic) bond motifs is 20. The van der Waals surface area contributed by atoms with Crippen molar-refractivity contribution >= 4 is 131 Å². The Morgan fingerprint density at radius 1 is 0.227 bits per heavy atom. The van der Waals surface area contributed by atoms with Crippen LogP contribution in [0.15, 0.2) is 276 Å². The Hall–Kier alpha value is -12.4. The maximum absolute atomic E-state index is 12.9. The highest BCUT2D eigenvalue weighted by Gasteiger charge is 2.35. The maximum Gasteiger partial charge on any atom is 0.136 e. The number of hydrogen-bond acceptors (Lipinski definition) is 4. The number of hydrogen-bond donors (Lipinski definition) is 0. The Balaban J connectivity index is 1.09. The first-order chi connectivity index (χ1) is 43.6. The lowest BCUT2D eigenvalue weighted by Gasteiger charge is -2.27. The summed E-state index contributed by atoms with van der Waals surface area (Å²) in [5.41, 5.74) is 17.4. The Kier molecular flexibility index (Phi) is 9.87. The molecule has 8 heteroatoms. The van der Waals surface area contributed by atoms with E-state index in [0.717, 1.165) is 153 Å². The number of nitriles is 2. The van der Waals surface area contributed by atoms with Crippen LogP contribution in [0, 0.1) is 22.7 Å². The van der Waals surface area contributed by atoms with E-state index in [0.29, 0.717) is 33.9 Å². The molecule has 0 spiro atoms. The molecular weight excluding hydrogens is 1080 g/mol. The van der Waals surface area contributed by atoms with Gasteiger partial charge >= 0.3 is 0 Å². The predicted octanol–water partition coefficient (Wildman–Crippen LogP) is 21.0. The molecule has 0 aliphatic carbocycles. The second-order valence-electron chi connectivity index (χ2n) is 22.8. The summed E-state index contributed by atoms with van der Waals surface area (Å²) in [5.74, 6) is 0. The van der Waals surface area contributed by atoms with Crippen LogP contribution in [0.4, 0.5) is 0 Å². The van der Waals surface area contributed by atoms with E-state index < -0.39 is 0 Å². The molecule has 88 heavy (non-hydrogen) atoms. The van der Waals surface area contributed by atoms with Crippen LogP contribution in [0.25, 0.3) is 176 Å². The van der Waals surface area contributed by atoms with Crippen LogP contribution in [-0.2, 0) is 0 Å². The lowest BCUT2D eigenvalue weighted by atomic mass is 9.98. The molecule has 0 saturated carbocycles. The van der Waals surface area contributed by atoms with E-state index in [-0.39, 0.29) is 0 Å². The fourth-order valence-electron chi connectivity index (χ4n) is 14.9. The molecule has 0 saturated heterocycles. The number of nitrogens with zero attached hydrogens (tertiary/aromatic N) is 6. The molecule has 0 radical (unpaired) electrons. The van der Waals surface area contributed by atoms with Crippen molar-refractivity contribution in [1.29, 1.82) is 10.5 Å². The summed E-state index contributed by atoms with van der Waals surface area (Å²) in [6.07, 6.45) is 0. The van der Waals surface area contributed by atoms with Crippen molar-refractivity contribution in [2.24, 2.45) is 0 Å². The van der Waals surface area contributed by atoms with Crippen LogP contribution in [0.2, 0.25) is 0 Å². The molecule has 19 aromatic rings. The fourth-order valence-corrected chi connectivity index (χ4v) is 14.9. The van der Waals surface area contributed by atoms with Gasteiger partial charge in [-0.15, -0.1) is 0 Å². The first-order valence-corrected chi connectivity index (χ1v) is 29.5. The zero-order valence-corrected chi connectivity index (χ0v) is 46.9. The smallest absolute Gasteiger partial charge is 0.136 e. The van der Waals surface area contributed by atoms with Crippen LogP contribution in [0.5, 0.6) is 0 Å². The highest BCUT2D eigenvalue weighted by Crippen LogP contribution is 2.52. The molecule has 6 heterocycles. The van der Waals surface area contributed by atoms with Crippen molar-refractivity contribution in [1.82, 2.24) is 18.3 Å². The lowest BCUT2D eigenvalue weighted by molar-refractivity contribution is 0.669. The summed E-state index contributed by atoms with van der Waals surface area (Å²) in [4.78, 5) is 0. The number of benzene rings is 13. The molecule has 8 nitrogen and oxygen atoms in total. The summed E-state index contributed by atoms with van der Waals surface area (Å²) >= 11 is 0. The minimum Gasteiger partial charge on any atom is -0.456 e. The van der Waals surface area contributed by atoms with Crippen LogP contribution in [-0.4, -0.2) is 18.3 Å². The molecule has 0 aliphatic rings. The quantitative estimate of drug-likeness (QED) is 0.166. The van der Waals surface area contributed by atoms with Gasteiger partial charge in [0.15, 0.2) is 0 Å². The van der Waals surface area contributed by atoms with Gasteiger partial charge < -0.3 is 27.1 Å². The zero-order valence-electron chi connectivity index (χ0n) is 46.9. The largest absolute Gasteiger partial charge is 0.456 e. The van der Waals surface area contributed by atoms with E-state index in [1.165, 1.54) is 0 Å². The molecule has 0 fully saturated rings. The van der Waals surface area contributed by atoms with Gasteiger partial charge in [0.2, 0.25) is 0 Å². The standard InChI is InChI=1S/C80H44N6O2/c81-45-59-77(85-63-31-15-9-25-53(63)73-67(85)39-41-71-75(73)55-27-11-17-33-69(55)87-71)60(46-82)79(84-62-30-14-8-24-52(62)58-44-50(36-38-66(58)84)48-21-5-2-6-22-48)80(78(59)83-61-29-13-7-23-51(61)57-43-49(35-37-65(57)83)47-19-3-1-4-20-47)86-64-32-16-10-26-54(64)74-68(86)40-42-72-76(74)56-28-12-18-34-70(56)88-72/h1-44H. The van der Waals surface area contributed by atoms with Crippen LogP contribution in [0.3, 0.4) is 0 Å². The molecule has 19 rings (SSSR count). The SMILES string of the molecule is N#Cc1c(-n2c3ccccc3c3cc(-c4ccccc4)ccc32)c(-n2c3ccccc3c3c4c(ccc32)oc2ccccc24)c(-n2c3ccccc3c3cc(-c4ccccc4)ccc32)c(C#N)c1-n1c2ccccc2c2c3c(ccc21)oc1ccccc13. The molecule has 0 N–H and O–H groups in total. The van der Waals surface area contributed by atoms with Gasteiger partial charge in [-0.05, 0) is 107 Å². The normalized spacial score (nSPS) is 12.1. The Morgan fingerprint density at radius 3 is 0.989 bits per heavy atom. The van der Waals surface area contributed by atoms with E-state index >= 15 is 0 Å². The van der Waals surface area contributed by atoms with E-state index in [9.17, 15) is 10.5 Å². The van der Waals surface area contributed by atoms with Crippen molar-refractivity contribution < 1.29 is 8.83 Å². The average molecular weight is 1120 g/mol. The van der Waals surface area contributed by atoms with Crippen molar-refractivity contribution in [3.63, 3.8) is 0 Å². The Labute approximate surface area is 501 Å². The van der Waals surface area contributed by atoms with Gasteiger partial charge in [-0.1, -0.05) is 182 Å². The molecule has 406 valence electrons. The summed E-state index contributed by atoms with van der Waals surface area (Å²) in [6.45, 7) is 0. The highest BCUT2D eigenvalue weighted by molar-refractivity contribution is 6.29. The van der Waals surface area contributed by atoms with Gasteiger partial charge in [0.05, 0.1) is 66.9 Å². The second kappa shape index (κ2) is 18.1. The molecular formula is C80H44N6O2. The van der Waals surface area contributed by atoms with Crippen molar-refractivity contribution in [2.45, 2.75) is 0 Å². The fraction of sp³-hybridized carbons (Fsp3) is 0. The zero-order chi connectivity index (χ0) is 57.9. The third-order valence-corrected chi connectivity index (χ3v) is 18.4. The molecule has 0 atom stereocenters. The van der Waals surface area contributed by atoms with Gasteiger partial charge in [0, 0.05) is 64.6 Å². The molecule has 0 bridgehead atoms. The van der Waals surface area contributed by atoms with Crippen molar-refractivity contribution in [2.75, 3.05) is 0 Å². The van der Waals surface area contributed by atoms with E-state index in [2.05, 4.69) is 243 Å². The summed E-state index contributed by atoms with van der Waals surface area (Å²) < 4.78 is 22.5. The number of furan rings is 2. The lowest BCUT2D eigenvalue weighted by Crippen LogP contribution is -2.17. The average Bonchev–Trinajstić information content (AvgIpc) is 1.51. The predicted molar refractivity (Wildman–Crippen MR) is 359 cm³/mol. The number of para-hydroxylation sites is 6. The van der Waals surface area contributed by atoms with Gasteiger partial charge in [0.1, 0.15) is 45.6 Å². The van der Waals surface area contributed by atoms with E-state index in [4.69, 9.17) is 8.83 Å². The van der Waals surface area contributed by atoms with E-state index in [1.54, 1.807) is 0 Å². The van der Waals surface area contributed by atoms with Crippen LogP contribution >= 0.6 is 0 Å². The monoisotopic (exact) mass is 1120 g/mol. The summed E-state index contributed by atoms with van der Waals surface area (Å²) in [5, 5.41) is 37.8. The molecule has 13 aromatic carbocycles. The minimum absolute atomic E-state index is 0.317. The highest BCUT2D eigenvalue weighted by atomic mass is 16.3. The van der Waals surface area contributed by atoms with Gasteiger partial charge in [0.25, 0.3) is 0 Å². The van der Waals surface area contributed by atoms with Gasteiger partial charge in [-0.2, -0.15) is 10.5 Å². The minimum atomic E-state index is 0.317. The number of aromatic nitrogens is 4. The Bertz CT molecular complexity index is 6130. The Morgan fingerprint density at radius 2 is 0.557 bits per heavy atom. The second-order valence-corrected chi connectivity index (χ2v) is 22.8. The molecule has 6 aromatic heterocycles.